The lowest BCUT2D eigenvalue weighted by Gasteiger charge is -2.23. The van der Waals surface area contributed by atoms with Crippen molar-refractivity contribution in [3.8, 4) is 0 Å². The maximum atomic E-state index is 10.4. The number of anilines is 2. The number of carbonyl (C=O) groups excluding carboxylic acids is 1. The van der Waals surface area contributed by atoms with Crippen molar-refractivity contribution in [2.75, 3.05) is 45.3 Å². The van der Waals surface area contributed by atoms with E-state index >= 15 is 0 Å². The van der Waals surface area contributed by atoms with Crippen LogP contribution in [0.3, 0.4) is 0 Å². The normalized spacial score (nSPS) is 10.3. The summed E-state index contributed by atoms with van der Waals surface area (Å²) in [6.07, 6.45) is 0.606. The van der Waals surface area contributed by atoms with Gasteiger partial charge in [0.05, 0.1) is 0 Å². The fourth-order valence-corrected chi connectivity index (χ4v) is 1.59. The van der Waals surface area contributed by atoms with E-state index in [4.69, 9.17) is 11.1 Å². The quantitative estimate of drug-likeness (QED) is 0.304. The van der Waals surface area contributed by atoms with Crippen LogP contribution in [0.4, 0.5) is 11.4 Å². The molecule has 0 atom stereocenters. The molecule has 6 heteroatoms. The van der Waals surface area contributed by atoms with E-state index in [9.17, 15) is 4.79 Å². The highest BCUT2D eigenvalue weighted by molar-refractivity contribution is 6.02. The number of amides is 1. The molecule has 0 saturated heterocycles. The lowest BCUT2D eigenvalue weighted by Crippen LogP contribution is -2.33. The zero-order chi connectivity index (χ0) is 14.4. The van der Waals surface area contributed by atoms with E-state index in [1.54, 1.807) is 18.2 Å². The number of likely N-dealkylation sites (N-methyl/N-ethyl adjacent to an activating group) is 2. The van der Waals surface area contributed by atoms with Gasteiger partial charge >= 0.3 is 0 Å². The lowest BCUT2D eigenvalue weighted by molar-refractivity contribution is -0.105. The number of amidine groups is 1. The van der Waals surface area contributed by atoms with E-state index < -0.39 is 0 Å². The summed E-state index contributed by atoms with van der Waals surface area (Å²) >= 11 is 0. The van der Waals surface area contributed by atoms with E-state index in [0.29, 0.717) is 29.2 Å². The Hall–Kier alpha value is -2.08. The summed E-state index contributed by atoms with van der Waals surface area (Å²) in [4.78, 5) is 14.3. The molecule has 1 rings (SSSR count). The maximum Gasteiger partial charge on any atom is 0.211 e. The minimum Gasteiger partial charge on any atom is -0.398 e. The first-order chi connectivity index (χ1) is 8.95. The molecule has 0 aliphatic rings. The molecule has 1 amide bonds. The van der Waals surface area contributed by atoms with Crippen LogP contribution in [0, 0.1) is 5.41 Å². The third-order valence-corrected chi connectivity index (χ3v) is 2.80. The average Bonchev–Trinajstić information content (AvgIpc) is 2.37. The van der Waals surface area contributed by atoms with Crippen molar-refractivity contribution in [3.63, 3.8) is 0 Å². The van der Waals surface area contributed by atoms with Crippen LogP contribution < -0.4 is 11.1 Å². The largest absolute Gasteiger partial charge is 0.398 e. The van der Waals surface area contributed by atoms with Crippen molar-refractivity contribution >= 4 is 23.6 Å². The van der Waals surface area contributed by atoms with Crippen molar-refractivity contribution in [1.29, 1.82) is 5.41 Å². The predicted molar refractivity (Wildman–Crippen MR) is 78.6 cm³/mol. The first-order valence-electron chi connectivity index (χ1n) is 6.00. The van der Waals surface area contributed by atoms with Gasteiger partial charge < -0.3 is 20.9 Å². The monoisotopic (exact) mass is 263 g/mol. The number of rotatable bonds is 6. The van der Waals surface area contributed by atoms with Crippen molar-refractivity contribution in [1.82, 2.24) is 9.80 Å². The van der Waals surface area contributed by atoms with Crippen LogP contribution >= 0.6 is 0 Å². The molecule has 0 radical (unpaired) electrons. The first kappa shape index (κ1) is 15.0. The van der Waals surface area contributed by atoms with E-state index in [0.717, 1.165) is 13.1 Å². The number of benzene rings is 1. The maximum absolute atomic E-state index is 10.4. The van der Waals surface area contributed by atoms with Gasteiger partial charge in [0.2, 0.25) is 6.41 Å². The SMILES string of the molecule is CN(C)CCN(C)C(=N)c1cc(NC=O)ccc1N. The zero-order valence-electron chi connectivity index (χ0n) is 11.6. The molecule has 0 spiro atoms. The number of nitrogen functional groups attached to an aromatic ring is 1. The summed E-state index contributed by atoms with van der Waals surface area (Å²) in [7, 11) is 5.83. The molecule has 0 aromatic heterocycles. The van der Waals surface area contributed by atoms with Gasteiger partial charge in [0.25, 0.3) is 0 Å². The van der Waals surface area contributed by atoms with Crippen LogP contribution in [0.5, 0.6) is 0 Å². The van der Waals surface area contributed by atoms with Gasteiger partial charge in [-0.1, -0.05) is 0 Å². The van der Waals surface area contributed by atoms with Crippen molar-refractivity contribution in [3.05, 3.63) is 23.8 Å². The number of carbonyl (C=O) groups is 1. The van der Waals surface area contributed by atoms with Gasteiger partial charge in [0.1, 0.15) is 5.84 Å². The van der Waals surface area contributed by atoms with Gasteiger partial charge in [-0.15, -0.1) is 0 Å². The lowest BCUT2D eigenvalue weighted by atomic mass is 10.1. The van der Waals surface area contributed by atoms with Gasteiger partial charge in [-0.05, 0) is 32.3 Å². The topological polar surface area (TPSA) is 85.5 Å². The van der Waals surface area contributed by atoms with Crippen LogP contribution in [0.15, 0.2) is 18.2 Å². The standard InChI is InChI=1S/C13H21N5O/c1-17(2)6-7-18(3)13(15)11-8-10(16-9-19)4-5-12(11)14/h4-5,8-9,15H,6-7,14H2,1-3H3,(H,16,19). The number of nitrogens with two attached hydrogens (primary N) is 1. The Morgan fingerprint density at radius 1 is 1.37 bits per heavy atom. The summed E-state index contributed by atoms with van der Waals surface area (Å²) in [6, 6.07) is 5.11. The highest BCUT2D eigenvalue weighted by atomic mass is 16.1. The highest BCUT2D eigenvalue weighted by Crippen LogP contribution is 2.18. The molecular formula is C13H21N5O. The third kappa shape index (κ3) is 4.26. The van der Waals surface area contributed by atoms with Crippen molar-refractivity contribution in [2.24, 2.45) is 0 Å². The van der Waals surface area contributed by atoms with Crippen LogP contribution in [0.2, 0.25) is 0 Å². The van der Waals surface area contributed by atoms with E-state index in [1.807, 2.05) is 26.0 Å². The van der Waals surface area contributed by atoms with Gasteiger partial charge in [0.15, 0.2) is 0 Å². The fraction of sp³-hybridized carbons (Fsp3) is 0.385. The third-order valence-electron chi connectivity index (χ3n) is 2.80. The molecule has 0 aliphatic heterocycles. The number of hydrogen-bond donors (Lipinski definition) is 3. The van der Waals surface area contributed by atoms with Crippen molar-refractivity contribution < 1.29 is 4.79 Å². The number of nitrogens with one attached hydrogen (secondary N) is 2. The highest BCUT2D eigenvalue weighted by Gasteiger charge is 2.11. The Bertz CT molecular complexity index is 458. The van der Waals surface area contributed by atoms with Gasteiger partial charge in [-0.25, -0.2) is 0 Å². The Morgan fingerprint density at radius 3 is 2.63 bits per heavy atom. The summed E-state index contributed by atoms with van der Waals surface area (Å²) in [5.74, 6) is 0.342. The molecule has 1 aromatic carbocycles. The molecule has 19 heavy (non-hydrogen) atoms. The van der Waals surface area contributed by atoms with E-state index in [1.165, 1.54) is 0 Å². The summed E-state index contributed by atoms with van der Waals surface area (Å²) in [6.45, 7) is 1.58. The van der Waals surface area contributed by atoms with Crippen LogP contribution in [-0.4, -0.2) is 56.3 Å². The molecular weight excluding hydrogens is 242 g/mol. The molecule has 6 nitrogen and oxygen atoms in total. The number of hydrogen-bond acceptors (Lipinski definition) is 4. The molecule has 0 aliphatic carbocycles. The Labute approximate surface area is 113 Å². The van der Waals surface area contributed by atoms with E-state index in [2.05, 4.69) is 10.2 Å². The van der Waals surface area contributed by atoms with Gasteiger partial charge in [-0.3, -0.25) is 10.2 Å². The average molecular weight is 263 g/mol. The zero-order valence-corrected chi connectivity index (χ0v) is 11.6. The minimum absolute atomic E-state index is 0.342. The van der Waals surface area contributed by atoms with Crippen molar-refractivity contribution in [2.45, 2.75) is 0 Å². The predicted octanol–water partition coefficient (Wildman–Crippen LogP) is 0.656. The Balaban J connectivity index is 2.85. The summed E-state index contributed by atoms with van der Waals surface area (Å²) in [5.41, 5.74) is 7.66. The molecule has 4 N–H and O–H groups in total. The second-order valence-electron chi connectivity index (χ2n) is 4.64. The minimum atomic E-state index is 0.342. The second-order valence-corrected chi connectivity index (χ2v) is 4.64. The molecule has 0 bridgehead atoms. The Kier molecular flexibility index (Phi) is 5.32. The summed E-state index contributed by atoms with van der Waals surface area (Å²) in [5, 5.41) is 10.7. The molecule has 0 heterocycles. The van der Waals surface area contributed by atoms with Crippen LogP contribution in [0.25, 0.3) is 0 Å². The van der Waals surface area contributed by atoms with Gasteiger partial charge in [0, 0.05) is 37.1 Å². The van der Waals surface area contributed by atoms with Gasteiger partial charge in [-0.2, -0.15) is 0 Å². The Morgan fingerprint density at radius 2 is 2.05 bits per heavy atom. The van der Waals surface area contributed by atoms with Crippen LogP contribution in [-0.2, 0) is 4.79 Å². The van der Waals surface area contributed by atoms with Crippen LogP contribution in [0.1, 0.15) is 5.56 Å². The smallest absolute Gasteiger partial charge is 0.211 e. The molecule has 0 fully saturated rings. The second kappa shape index (κ2) is 6.75. The first-order valence-corrected chi connectivity index (χ1v) is 6.00. The fourth-order valence-electron chi connectivity index (χ4n) is 1.59. The summed E-state index contributed by atoms with van der Waals surface area (Å²) < 4.78 is 0. The molecule has 0 saturated carbocycles. The van der Waals surface area contributed by atoms with E-state index in [-0.39, 0.29) is 0 Å². The molecule has 1 aromatic rings. The number of nitrogens with zero attached hydrogens (tertiary/aromatic N) is 2. The molecule has 0 unspecified atom stereocenters. The molecule has 104 valence electrons.